The van der Waals surface area contributed by atoms with E-state index in [2.05, 4.69) is 10.1 Å². The number of nitrogens with zero attached hydrogens (tertiary/aromatic N) is 3. The van der Waals surface area contributed by atoms with E-state index in [4.69, 9.17) is 0 Å². The molecule has 3 rings (SSSR count). The predicted molar refractivity (Wildman–Crippen MR) is 86.8 cm³/mol. The summed E-state index contributed by atoms with van der Waals surface area (Å²) in [5.41, 5.74) is 1.09. The highest BCUT2D eigenvalue weighted by Crippen LogP contribution is 2.30. The normalized spacial score (nSPS) is 12.0. The monoisotopic (exact) mass is 347 g/mol. The summed E-state index contributed by atoms with van der Waals surface area (Å²) in [6.07, 6.45) is 0.0734. The van der Waals surface area contributed by atoms with E-state index in [0.29, 0.717) is 11.4 Å². The van der Waals surface area contributed by atoms with Crippen LogP contribution in [0.3, 0.4) is 0 Å². The van der Waals surface area contributed by atoms with Crippen molar-refractivity contribution in [2.45, 2.75) is 30.1 Å². The zero-order chi connectivity index (χ0) is 17.5. The molecule has 0 atom stereocenters. The van der Waals surface area contributed by atoms with Gasteiger partial charge >= 0.3 is 0 Å². The number of sulfone groups is 1. The molecule has 0 spiro atoms. The minimum Gasteiger partial charge on any atom is -0.504 e. The van der Waals surface area contributed by atoms with Gasteiger partial charge in [0.05, 0.1) is 22.0 Å². The molecule has 2 N–H and O–H groups in total. The summed E-state index contributed by atoms with van der Waals surface area (Å²) in [7, 11) is -3.86. The summed E-state index contributed by atoms with van der Waals surface area (Å²) < 4.78 is 27.5. The van der Waals surface area contributed by atoms with Gasteiger partial charge in [0, 0.05) is 13.0 Å². The fraction of sp³-hybridized carbons (Fsp3) is 0.250. The van der Waals surface area contributed by atoms with Crippen molar-refractivity contribution in [2.24, 2.45) is 0 Å². The first-order chi connectivity index (χ1) is 11.4. The molecule has 7 nitrogen and oxygen atoms in total. The third-order valence-electron chi connectivity index (χ3n) is 3.83. The predicted octanol–water partition coefficient (Wildman–Crippen LogP) is 1.42. The van der Waals surface area contributed by atoms with Crippen molar-refractivity contribution in [3.8, 4) is 5.75 Å². The number of fused-ring (bicyclic) bond motifs is 1. The highest BCUT2D eigenvalue weighted by atomic mass is 32.2. The Morgan fingerprint density at radius 3 is 2.46 bits per heavy atom. The van der Waals surface area contributed by atoms with Crippen LogP contribution in [-0.2, 0) is 16.3 Å². The zero-order valence-corrected chi connectivity index (χ0v) is 14.1. The summed E-state index contributed by atoms with van der Waals surface area (Å²) in [6.45, 7) is 2.98. The molecular weight excluding hydrogens is 330 g/mol. The molecule has 0 saturated carbocycles. The fourth-order valence-corrected chi connectivity index (χ4v) is 4.18. The summed E-state index contributed by atoms with van der Waals surface area (Å²) in [5, 5.41) is 23.6. The van der Waals surface area contributed by atoms with Crippen LogP contribution in [0, 0.1) is 13.8 Å². The summed E-state index contributed by atoms with van der Waals surface area (Å²) in [6, 6.07) is 8.01. The van der Waals surface area contributed by atoms with Gasteiger partial charge in [0.1, 0.15) is 4.90 Å². The highest BCUT2D eigenvalue weighted by molar-refractivity contribution is 7.91. The van der Waals surface area contributed by atoms with Crippen LogP contribution in [0.2, 0.25) is 0 Å². The van der Waals surface area contributed by atoms with Crippen LogP contribution in [0.1, 0.15) is 17.1 Å². The molecule has 2 heterocycles. The molecule has 0 aliphatic rings. The van der Waals surface area contributed by atoms with Crippen molar-refractivity contribution in [1.29, 1.82) is 0 Å². The number of aliphatic hydroxyl groups excluding tert-OH is 1. The molecule has 24 heavy (non-hydrogen) atoms. The molecular formula is C16H17N3O4S. The Balaban J connectivity index is 2.40. The van der Waals surface area contributed by atoms with Crippen molar-refractivity contribution in [3.63, 3.8) is 0 Å². The van der Waals surface area contributed by atoms with Crippen LogP contribution in [0.25, 0.3) is 5.65 Å². The van der Waals surface area contributed by atoms with Crippen molar-refractivity contribution in [3.05, 3.63) is 47.4 Å². The lowest BCUT2D eigenvalue weighted by Gasteiger charge is -2.07. The van der Waals surface area contributed by atoms with Crippen LogP contribution in [0.4, 0.5) is 0 Å². The van der Waals surface area contributed by atoms with E-state index in [1.807, 2.05) is 0 Å². The van der Waals surface area contributed by atoms with Gasteiger partial charge in [-0.05, 0) is 26.0 Å². The lowest BCUT2D eigenvalue weighted by atomic mass is 10.3. The van der Waals surface area contributed by atoms with Crippen molar-refractivity contribution in [2.75, 3.05) is 6.61 Å². The van der Waals surface area contributed by atoms with E-state index < -0.39 is 9.84 Å². The third-order valence-corrected chi connectivity index (χ3v) is 5.68. The van der Waals surface area contributed by atoms with Crippen LogP contribution >= 0.6 is 0 Å². The Kier molecular flexibility index (Phi) is 4.02. The van der Waals surface area contributed by atoms with E-state index in [-0.39, 0.29) is 39.9 Å². The van der Waals surface area contributed by atoms with Crippen LogP contribution in [-0.4, -0.2) is 39.8 Å². The Labute approximate surface area is 139 Å². The highest BCUT2D eigenvalue weighted by Gasteiger charge is 2.29. The van der Waals surface area contributed by atoms with Gasteiger partial charge in [-0.3, -0.25) is 0 Å². The number of aliphatic hydroxyl groups is 1. The standard InChI is InChI=1S/C16H17N3O4S/c1-10-14(21)11(2)19-16(17-10)15(13(18-19)8-9-20)24(22,23)12-6-4-3-5-7-12/h3-7,20-21H,8-9H2,1-2H3. The maximum Gasteiger partial charge on any atom is 0.212 e. The second kappa shape index (κ2) is 5.88. The molecule has 0 aliphatic carbocycles. The number of aromatic hydroxyl groups is 1. The molecule has 1 aromatic carbocycles. The lowest BCUT2D eigenvalue weighted by Crippen LogP contribution is -2.07. The van der Waals surface area contributed by atoms with Gasteiger partial charge in [-0.2, -0.15) is 5.10 Å². The number of aromatic nitrogens is 3. The van der Waals surface area contributed by atoms with Gasteiger partial charge in [0.15, 0.2) is 11.4 Å². The molecule has 0 amide bonds. The van der Waals surface area contributed by atoms with Crippen LogP contribution in [0.5, 0.6) is 5.75 Å². The Morgan fingerprint density at radius 1 is 1.17 bits per heavy atom. The molecule has 0 aliphatic heterocycles. The molecule has 8 heteroatoms. The molecule has 0 radical (unpaired) electrons. The SMILES string of the molecule is Cc1nc2c(S(=O)(=O)c3ccccc3)c(CCO)nn2c(C)c1O. The van der Waals surface area contributed by atoms with E-state index >= 15 is 0 Å². The number of rotatable bonds is 4. The van der Waals surface area contributed by atoms with Crippen molar-refractivity contribution in [1.82, 2.24) is 14.6 Å². The minimum atomic E-state index is -3.86. The van der Waals surface area contributed by atoms with E-state index in [1.54, 1.807) is 32.0 Å². The molecule has 0 saturated heterocycles. The number of aryl methyl sites for hydroxylation is 2. The fourth-order valence-electron chi connectivity index (χ4n) is 2.61. The van der Waals surface area contributed by atoms with E-state index in [1.165, 1.54) is 16.6 Å². The Hall–Kier alpha value is -2.45. The van der Waals surface area contributed by atoms with Gasteiger partial charge in [0.25, 0.3) is 0 Å². The number of hydrogen-bond donors (Lipinski definition) is 2. The second-order valence-electron chi connectivity index (χ2n) is 5.43. The van der Waals surface area contributed by atoms with Crippen LogP contribution < -0.4 is 0 Å². The largest absolute Gasteiger partial charge is 0.504 e. The van der Waals surface area contributed by atoms with Crippen LogP contribution in [0.15, 0.2) is 40.1 Å². The van der Waals surface area contributed by atoms with E-state index in [0.717, 1.165) is 0 Å². The first-order valence-corrected chi connectivity index (χ1v) is 8.85. The molecule has 126 valence electrons. The molecule has 3 aromatic rings. The second-order valence-corrected chi connectivity index (χ2v) is 7.32. The van der Waals surface area contributed by atoms with Gasteiger partial charge in [-0.25, -0.2) is 17.9 Å². The van der Waals surface area contributed by atoms with Gasteiger partial charge in [-0.1, -0.05) is 18.2 Å². The Morgan fingerprint density at radius 2 is 1.83 bits per heavy atom. The maximum atomic E-state index is 13.1. The smallest absolute Gasteiger partial charge is 0.212 e. The number of hydrogen-bond acceptors (Lipinski definition) is 6. The first kappa shape index (κ1) is 16.4. The van der Waals surface area contributed by atoms with Crippen molar-refractivity contribution >= 4 is 15.5 Å². The molecule has 0 unspecified atom stereocenters. The lowest BCUT2D eigenvalue weighted by molar-refractivity contribution is 0.297. The first-order valence-electron chi connectivity index (χ1n) is 7.36. The quantitative estimate of drug-likeness (QED) is 0.739. The number of benzene rings is 1. The van der Waals surface area contributed by atoms with Gasteiger partial charge < -0.3 is 10.2 Å². The maximum absolute atomic E-state index is 13.1. The van der Waals surface area contributed by atoms with E-state index in [9.17, 15) is 18.6 Å². The van der Waals surface area contributed by atoms with Gasteiger partial charge in [0.2, 0.25) is 9.84 Å². The molecule has 2 aromatic heterocycles. The summed E-state index contributed by atoms with van der Waals surface area (Å²) >= 11 is 0. The average Bonchev–Trinajstić information content (AvgIpc) is 2.93. The van der Waals surface area contributed by atoms with Crippen molar-refractivity contribution < 1.29 is 18.6 Å². The molecule has 0 fully saturated rings. The summed E-state index contributed by atoms with van der Waals surface area (Å²) in [5.74, 6) is -0.0378. The minimum absolute atomic E-state index is 0.0334. The average molecular weight is 347 g/mol. The summed E-state index contributed by atoms with van der Waals surface area (Å²) in [4.78, 5) is 4.32. The zero-order valence-electron chi connectivity index (χ0n) is 13.3. The molecule has 0 bridgehead atoms. The third kappa shape index (κ3) is 2.44. The Bertz CT molecular complexity index is 1010. The van der Waals surface area contributed by atoms with Gasteiger partial charge in [-0.15, -0.1) is 0 Å². The topological polar surface area (TPSA) is 105 Å².